The van der Waals surface area contributed by atoms with Gasteiger partial charge in [-0.3, -0.25) is 10.4 Å². The van der Waals surface area contributed by atoms with Crippen LogP contribution in [0.4, 0.5) is 23.0 Å². The molecule has 0 spiro atoms. The molecule has 1 aromatic heterocycles. The SMILES string of the molecule is CC1=NCN(c2ccc(Nc3nccc(-c4ccc(N5CCCC(O)C5)c(C#N)c4)n3)cc2)N1. The molecule has 0 saturated carbocycles. The predicted octanol–water partition coefficient (Wildman–Crippen LogP) is 3.42. The third kappa shape index (κ3) is 4.63. The number of anilines is 4. The molecule has 2 aliphatic heterocycles. The van der Waals surface area contributed by atoms with Gasteiger partial charge in [0, 0.05) is 30.5 Å². The number of piperidine rings is 1. The lowest BCUT2D eigenvalue weighted by Gasteiger charge is -2.32. The van der Waals surface area contributed by atoms with Crippen LogP contribution < -0.4 is 20.7 Å². The molecule has 1 fully saturated rings. The Bertz CT molecular complexity index is 1250. The second-order valence-corrected chi connectivity index (χ2v) is 8.45. The number of nitrogens with one attached hydrogen (secondary N) is 2. The van der Waals surface area contributed by atoms with E-state index in [9.17, 15) is 10.4 Å². The van der Waals surface area contributed by atoms with E-state index in [1.165, 1.54) is 0 Å². The van der Waals surface area contributed by atoms with Crippen molar-refractivity contribution in [2.24, 2.45) is 4.99 Å². The molecular weight excluding hydrogens is 428 g/mol. The molecule has 34 heavy (non-hydrogen) atoms. The van der Waals surface area contributed by atoms with Crippen LogP contribution in [-0.2, 0) is 0 Å². The molecule has 172 valence electrons. The smallest absolute Gasteiger partial charge is 0.227 e. The fraction of sp³-hybridized carbons (Fsp3) is 0.280. The van der Waals surface area contributed by atoms with E-state index >= 15 is 0 Å². The summed E-state index contributed by atoms with van der Waals surface area (Å²) in [5.41, 5.74) is 8.09. The van der Waals surface area contributed by atoms with Crippen LogP contribution in [0.1, 0.15) is 25.3 Å². The zero-order valence-corrected chi connectivity index (χ0v) is 18.9. The van der Waals surface area contributed by atoms with Crippen molar-refractivity contribution in [1.82, 2.24) is 15.4 Å². The first-order valence-electron chi connectivity index (χ1n) is 11.3. The molecule has 3 N–H and O–H groups in total. The number of aliphatic imine (C=N–C) groups is 1. The molecule has 9 heteroatoms. The van der Waals surface area contributed by atoms with Crippen molar-refractivity contribution in [2.45, 2.75) is 25.9 Å². The van der Waals surface area contributed by atoms with Crippen LogP contribution in [0.15, 0.2) is 59.7 Å². The highest BCUT2D eigenvalue weighted by atomic mass is 16.3. The quantitative estimate of drug-likeness (QED) is 0.538. The molecular formula is C25H26N8O. The van der Waals surface area contributed by atoms with Gasteiger partial charge in [0.15, 0.2) is 0 Å². The second kappa shape index (κ2) is 9.37. The average molecular weight is 455 g/mol. The van der Waals surface area contributed by atoms with Gasteiger partial charge in [-0.15, -0.1) is 0 Å². The molecule has 3 aromatic rings. The first kappa shape index (κ1) is 21.7. The Labute approximate surface area is 198 Å². The number of aliphatic hydroxyl groups excluding tert-OH is 1. The van der Waals surface area contributed by atoms with Crippen LogP contribution in [0.25, 0.3) is 11.3 Å². The van der Waals surface area contributed by atoms with E-state index in [1.54, 1.807) is 6.20 Å². The summed E-state index contributed by atoms with van der Waals surface area (Å²) < 4.78 is 0. The van der Waals surface area contributed by atoms with E-state index in [0.29, 0.717) is 24.7 Å². The van der Waals surface area contributed by atoms with E-state index in [-0.39, 0.29) is 6.10 Å². The number of benzene rings is 2. The number of hydrogen-bond donors (Lipinski definition) is 3. The summed E-state index contributed by atoms with van der Waals surface area (Å²) in [7, 11) is 0. The molecule has 5 rings (SSSR count). The number of nitrogens with zero attached hydrogens (tertiary/aromatic N) is 6. The van der Waals surface area contributed by atoms with Crippen molar-refractivity contribution in [3.05, 3.63) is 60.3 Å². The number of amidine groups is 1. The third-order valence-corrected chi connectivity index (χ3v) is 5.99. The van der Waals surface area contributed by atoms with Gasteiger partial charge in [-0.2, -0.15) is 5.26 Å². The zero-order chi connectivity index (χ0) is 23.5. The summed E-state index contributed by atoms with van der Waals surface area (Å²) >= 11 is 0. The minimum Gasteiger partial charge on any atom is -0.391 e. The number of rotatable bonds is 5. The highest BCUT2D eigenvalue weighted by molar-refractivity contribution is 5.83. The second-order valence-electron chi connectivity index (χ2n) is 8.45. The van der Waals surface area contributed by atoms with E-state index < -0.39 is 0 Å². The topological polar surface area (TPSA) is 113 Å². The van der Waals surface area contributed by atoms with Crippen LogP contribution in [0.5, 0.6) is 0 Å². The van der Waals surface area contributed by atoms with Crippen molar-refractivity contribution in [3.8, 4) is 17.3 Å². The maximum Gasteiger partial charge on any atom is 0.227 e. The standard InChI is InChI=1S/C25H26N8O/c1-17-28-16-33(31-17)21-7-5-20(6-8-21)29-25-27-11-10-23(30-25)18-4-9-24(19(13-18)14-26)32-12-2-3-22(34)15-32/h4-11,13,22,34H,2-3,12,15-16H2,1H3,(H,28,31)(H,27,29,30). The Morgan fingerprint density at radius 3 is 2.76 bits per heavy atom. The van der Waals surface area contributed by atoms with Crippen LogP contribution in [-0.4, -0.2) is 46.8 Å². The normalized spacial score (nSPS) is 17.7. The number of hydrogen-bond acceptors (Lipinski definition) is 9. The summed E-state index contributed by atoms with van der Waals surface area (Å²) in [6, 6.07) is 17.8. The molecule has 2 aliphatic rings. The fourth-order valence-corrected chi connectivity index (χ4v) is 4.26. The maximum atomic E-state index is 10.0. The lowest BCUT2D eigenvalue weighted by atomic mass is 10.0. The first-order valence-corrected chi connectivity index (χ1v) is 11.3. The van der Waals surface area contributed by atoms with Crippen LogP contribution in [0, 0.1) is 11.3 Å². The Balaban J connectivity index is 1.32. The minimum atomic E-state index is -0.353. The van der Waals surface area contributed by atoms with Crippen LogP contribution >= 0.6 is 0 Å². The van der Waals surface area contributed by atoms with Gasteiger partial charge in [0.05, 0.1) is 28.7 Å². The summed E-state index contributed by atoms with van der Waals surface area (Å²) in [6.07, 6.45) is 3.07. The van der Waals surface area contributed by atoms with Gasteiger partial charge in [-0.25, -0.2) is 15.0 Å². The maximum absolute atomic E-state index is 10.0. The minimum absolute atomic E-state index is 0.353. The van der Waals surface area contributed by atoms with Gasteiger partial charge in [0.1, 0.15) is 18.6 Å². The third-order valence-electron chi connectivity index (χ3n) is 5.99. The number of aliphatic hydroxyl groups is 1. The Morgan fingerprint density at radius 2 is 2.03 bits per heavy atom. The van der Waals surface area contributed by atoms with Crippen molar-refractivity contribution in [2.75, 3.05) is 35.0 Å². The molecule has 0 bridgehead atoms. The summed E-state index contributed by atoms with van der Waals surface area (Å²) in [5.74, 6) is 1.37. The molecule has 0 amide bonds. The molecule has 1 unspecified atom stereocenters. The average Bonchev–Trinajstić information content (AvgIpc) is 3.30. The lowest BCUT2D eigenvalue weighted by molar-refractivity contribution is 0.154. The van der Waals surface area contributed by atoms with E-state index in [2.05, 4.69) is 36.7 Å². The molecule has 9 nitrogen and oxygen atoms in total. The van der Waals surface area contributed by atoms with Crippen molar-refractivity contribution < 1.29 is 5.11 Å². The van der Waals surface area contributed by atoms with Crippen molar-refractivity contribution in [3.63, 3.8) is 0 Å². The monoisotopic (exact) mass is 454 g/mol. The summed E-state index contributed by atoms with van der Waals surface area (Å²) in [5, 5.41) is 25.0. The number of aromatic nitrogens is 2. The number of β-amino-alcohol motifs (C(OH)–C–C–N with tert-alkyl or cyclic N) is 1. The molecule has 3 heterocycles. The highest BCUT2D eigenvalue weighted by Gasteiger charge is 2.20. The van der Waals surface area contributed by atoms with E-state index in [4.69, 9.17) is 0 Å². The van der Waals surface area contributed by atoms with Gasteiger partial charge >= 0.3 is 0 Å². The fourth-order valence-electron chi connectivity index (χ4n) is 4.26. The van der Waals surface area contributed by atoms with Crippen LogP contribution in [0.3, 0.4) is 0 Å². The van der Waals surface area contributed by atoms with Crippen molar-refractivity contribution in [1.29, 1.82) is 5.26 Å². The van der Waals surface area contributed by atoms with Crippen LogP contribution in [0.2, 0.25) is 0 Å². The molecule has 2 aromatic carbocycles. The largest absolute Gasteiger partial charge is 0.391 e. The molecule has 0 radical (unpaired) electrons. The lowest BCUT2D eigenvalue weighted by Crippen LogP contribution is -2.38. The summed E-state index contributed by atoms with van der Waals surface area (Å²) in [6.45, 7) is 3.91. The van der Waals surface area contributed by atoms with Gasteiger partial charge < -0.3 is 15.3 Å². The first-order chi connectivity index (χ1) is 16.6. The van der Waals surface area contributed by atoms with E-state index in [0.717, 1.165) is 53.5 Å². The Kier molecular flexibility index (Phi) is 5.97. The number of hydrazine groups is 1. The van der Waals surface area contributed by atoms with Gasteiger partial charge in [-0.05, 0) is 62.2 Å². The molecule has 1 atom stereocenters. The van der Waals surface area contributed by atoms with Crippen molar-refractivity contribution >= 4 is 28.8 Å². The molecule has 1 saturated heterocycles. The number of nitriles is 1. The Hall–Kier alpha value is -4.16. The summed E-state index contributed by atoms with van der Waals surface area (Å²) in [4.78, 5) is 15.4. The zero-order valence-electron chi connectivity index (χ0n) is 18.9. The molecule has 0 aliphatic carbocycles. The van der Waals surface area contributed by atoms with E-state index in [1.807, 2.05) is 60.5 Å². The predicted molar refractivity (Wildman–Crippen MR) is 133 cm³/mol. The van der Waals surface area contributed by atoms with Gasteiger partial charge in [0.25, 0.3) is 0 Å². The highest BCUT2D eigenvalue weighted by Crippen LogP contribution is 2.29. The van der Waals surface area contributed by atoms with Gasteiger partial charge in [0.2, 0.25) is 5.95 Å². The Morgan fingerprint density at radius 1 is 1.18 bits per heavy atom. The van der Waals surface area contributed by atoms with Gasteiger partial charge in [-0.1, -0.05) is 6.07 Å².